The van der Waals surface area contributed by atoms with Gasteiger partial charge in [-0.2, -0.15) is 0 Å². The molecule has 0 aliphatic rings. The van der Waals surface area contributed by atoms with E-state index >= 15 is 0 Å². The van der Waals surface area contributed by atoms with Gasteiger partial charge in [0.05, 0.1) is 0 Å². The molecule has 0 aliphatic heterocycles. The van der Waals surface area contributed by atoms with Gasteiger partial charge in [-0.15, -0.1) is 0 Å². The van der Waals surface area contributed by atoms with Gasteiger partial charge in [0, 0.05) is 32.8 Å². The number of fused-ring (bicyclic) bond motifs is 8. The number of nitrogens with zero attached hydrogens (tertiary/aromatic N) is 3. The van der Waals surface area contributed by atoms with Gasteiger partial charge in [0.2, 0.25) is 0 Å². The van der Waals surface area contributed by atoms with Crippen molar-refractivity contribution in [3.05, 3.63) is 152 Å². The summed E-state index contributed by atoms with van der Waals surface area (Å²) in [6.45, 7) is 0. The highest BCUT2D eigenvalue weighted by Crippen LogP contribution is 2.42. The Morgan fingerprint density at radius 1 is 0.333 bits per heavy atom. The van der Waals surface area contributed by atoms with Gasteiger partial charge in [-0.05, 0) is 45.5 Å². The predicted molar refractivity (Wildman–Crippen MR) is 184 cm³/mol. The summed E-state index contributed by atoms with van der Waals surface area (Å²) in [7, 11) is 0. The first kappa shape index (κ1) is 25.4. The predicted octanol–water partition coefficient (Wildman–Crippen LogP) is 10.7. The zero-order valence-electron chi connectivity index (χ0n) is 24.2. The van der Waals surface area contributed by atoms with Crippen LogP contribution >= 0.6 is 0 Å². The van der Waals surface area contributed by atoms with Crippen LogP contribution in [0.5, 0.6) is 0 Å². The molecule has 4 nitrogen and oxygen atoms in total. The SMILES string of the molecule is c1ccc(-c2nc(-c3ccccc3)nc(-c3cccc(-c4ccc5c6ccccc6c6c7ccccc7oc6c5c4)c3)n2)cc1. The maximum Gasteiger partial charge on any atom is 0.164 e. The average Bonchev–Trinajstić information content (AvgIpc) is 3.52. The minimum absolute atomic E-state index is 0.635. The summed E-state index contributed by atoms with van der Waals surface area (Å²) in [5, 5.41) is 7.00. The van der Waals surface area contributed by atoms with Gasteiger partial charge >= 0.3 is 0 Å². The van der Waals surface area contributed by atoms with E-state index in [2.05, 4.69) is 78.9 Å². The molecule has 210 valence electrons. The van der Waals surface area contributed by atoms with Crippen molar-refractivity contribution in [2.45, 2.75) is 0 Å². The summed E-state index contributed by atoms with van der Waals surface area (Å²) in [5.74, 6) is 1.93. The van der Waals surface area contributed by atoms with Crippen molar-refractivity contribution in [3.8, 4) is 45.3 Å². The molecule has 4 heteroatoms. The minimum Gasteiger partial charge on any atom is -0.455 e. The average molecular weight is 576 g/mol. The molecule has 0 radical (unpaired) electrons. The number of benzene rings is 7. The van der Waals surface area contributed by atoms with Gasteiger partial charge in [-0.1, -0.05) is 133 Å². The maximum absolute atomic E-state index is 6.54. The maximum atomic E-state index is 6.54. The van der Waals surface area contributed by atoms with Crippen LogP contribution in [0, 0.1) is 0 Å². The highest BCUT2D eigenvalue weighted by molar-refractivity contribution is 6.30. The summed E-state index contributed by atoms with van der Waals surface area (Å²) in [5.41, 5.74) is 6.82. The Hall–Kier alpha value is -6.13. The molecule has 0 bridgehead atoms. The minimum atomic E-state index is 0.635. The fourth-order valence-electron chi connectivity index (χ4n) is 6.36. The molecule has 2 heterocycles. The smallest absolute Gasteiger partial charge is 0.164 e. The first-order valence-corrected chi connectivity index (χ1v) is 15.0. The largest absolute Gasteiger partial charge is 0.455 e. The van der Waals surface area contributed by atoms with E-state index in [1.54, 1.807) is 0 Å². The lowest BCUT2D eigenvalue weighted by atomic mass is 9.94. The van der Waals surface area contributed by atoms with Crippen molar-refractivity contribution < 1.29 is 4.42 Å². The van der Waals surface area contributed by atoms with E-state index in [1.165, 1.54) is 16.2 Å². The molecule has 9 aromatic rings. The monoisotopic (exact) mass is 575 g/mol. The van der Waals surface area contributed by atoms with Crippen molar-refractivity contribution in [1.29, 1.82) is 0 Å². The number of hydrogen-bond acceptors (Lipinski definition) is 4. The second-order valence-electron chi connectivity index (χ2n) is 11.2. The first-order valence-electron chi connectivity index (χ1n) is 15.0. The first-order chi connectivity index (χ1) is 22.3. The fraction of sp³-hybridized carbons (Fsp3) is 0. The molecular formula is C41H25N3O. The normalized spacial score (nSPS) is 11.6. The highest BCUT2D eigenvalue weighted by atomic mass is 16.3. The van der Waals surface area contributed by atoms with Crippen LogP contribution in [0.1, 0.15) is 0 Å². The molecule has 9 rings (SSSR count). The summed E-state index contributed by atoms with van der Waals surface area (Å²) in [6.07, 6.45) is 0. The van der Waals surface area contributed by atoms with Crippen LogP contribution in [0.25, 0.3) is 88.8 Å². The van der Waals surface area contributed by atoms with Crippen molar-refractivity contribution in [1.82, 2.24) is 15.0 Å². The van der Waals surface area contributed by atoms with Gasteiger partial charge in [-0.25, -0.2) is 15.0 Å². The van der Waals surface area contributed by atoms with Crippen molar-refractivity contribution in [2.75, 3.05) is 0 Å². The van der Waals surface area contributed by atoms with E-state index in [-0.39, 0.29) is 0 Å². The lowest BCUT2D eigenvalue weighted by Gasteiger charge is -2.11. The zero-order chi connectivity index (χ0) is 29.7. The van der Waals surface area contributed by atoms with E-state index in [1.807, 2.05) is 72.8 Å². The third-order valence-electron chi connectivity index (χ3n) is 8.50. The molecule has 2 aromatic heterocycles. The molecule has 0 aliphatic carbocycles. The molecule has 0 saturated carbocycles. The molecule has 45 heavy (non-hydrogen) atoms. The molecule has 0 spiro atoms. The molecule has 0 fully saturated rings. The Morgan fingerprint density at radius 3 is 1.56 bits per heavy atom. The third kappa shape index (κ3) is 4.27. The molecule has 0 N–H and O–H groups in total. The lowest BCUT2D eigenvalue weighted by Crippen LogP contribution is -2.00. The van der Waals surface area contributed by atoms with E-state index in [0.29, 0.717) is 17.5 Å². The molecule has 7 aromatic carbocycles. The van der Waals surface area contributed by atoms with Crippen molar-refractivity contribution >= 4 is 43.5 Å². The molecule has 0 atom stereocenters. The van der Waals surface area contributed by atoms with Crippen molar-refractivity contribution in [2.24, 2.45) is 0 Å². The topological polar surface area (TPSA) is 51.8 Å². The summed E-state index contributed by atoms with van der Waals surface area (Å²) in [4.78, 5) is 14.7. The van der Waals surface area contributed by atoms with Gasteiger partial charge in [0.15, 0.2) is 17.5 Å². The molecular weight excluding hydrogens is 550 g/mol. The lowest BCUT2D eigenvalue weighted by molar-refractivity contribution is 0.673. The Kier molecular flexibility index (Phi) is 5.78. The van der Waals surface area contributed by atoms with Crippen molar-refractivity contribution in [3.63, 3.8) is 0 Å². The van der Waals surface area contributed by atoms with E-state index in [9.17, 15) is 0 Å². The quantitative estimate of drug-likeness (QED) is 0.196. The van der Waals surface area contributed by atoms with Crippen LogP contribution in [0.3, 0.4) is 0 Å². The number of hydrogen-bond donors (Lipinski definition) is 0. The Labute approximate surface area is 259 Å². The summed E-state index contributed by atoms with van der Waals surface area (Å²) >= 11 is 0. The van der Waals surface area contributed by atoms with Gasteiger partial charge in [-0.3, -0.25) is 0 Å². The molecule has 0 amide bonds. The van der Waals surface area contributed by atoms with Crippen LogP contribution < -0.4 is 0 Å². The standard InChI is InChI=1S/C41H25N3O/c1-3-12-26(13-4-1)39-42-40(27-14-5-2-6-15-27)44-41(43-39)30-17-11-16-28(24-30)29-22-23-32-31-18-7-8-19-33(31)37-34-20-9-10-21-36(34)45-38(37)35(32)25-29/h1-25H. The molecule has 0 unspecified atom stereocenters. The van der Waals surface area contributed by atoms with Gasteiger partial charge in [0.1, 0.15) is 11.2 Å². The van der Waals surface area contributed by atoms with Crippen LogP contribution in [0.15, 0.2) is 156 Å². The van der Waals surface area contributed by atoms with Gasteiger partial charge < -0.3 is 4.42 Å². The number of para-hydroxylation sites is 1. The van der Waals surface area contributed by atoms with Crippen LogP contribution in [-0.2, 0) is 0 Å². The Morgan fingerprint density at radius 2 is 0.844 bits per heavy atom. The van der Waals surface area contributed by atoms with Crippen LogP contribution in [0.2, 0.25) is 0 Å². The summed E-state index contributed by atoms with van der Waals surface area (Å²) < 4.78 is 6.54. The van der Waals surface area contributed by atoms with Crippen LogP contribution in [-0.4, -0.2) is 15.0 Å². The fourth-order valence-corrected chi connectivity index (χ4v) is 6.36. The Balaban J connectivity index is 1.23. The van der Waals surface area contributed by atoms with Crippen LogP contribution in [0.4, 0.5) is 0 Å². The summed E-state index contributed by atoms with van der Waals surface area (Å²) in [6, 6.07) is 52.1. The van der Waals surface area contributed by atoms with E-state index in [4.69, 9.17) is 19.4 Å². The Bertz CT molecular complexity index is 2480. The van der Waals surface area contributed by atoms with E-state index < -0.39 is 0 Å². The van der Waals surface area contributed by atoms with Gasteiger partial charge in [0.25, 0.3) is 0 Å². The second kappa shape index (κ2) is 10.2. The molecule has 0 saturated heterocycles. The highest BCUT2D eigenvalue weighted by Gasteiger charge is 2.17. The third-order valence-corrected chi connectivity index (χ3v) is 8.50. The number of rotatable bonds is 4. The zero-order valence-corrected chi connectivity index (χ0v) is 24.2. The second-order valence-corrected chi connectivity index (χ2v) is 11.2. The number of aromatic nitrogens is 3. The van der Waals surface area contributed by atoms with E-state index in [0.717, 1.165) is 55.1 Å². The number of furan rings is 1.